The minimum Gasteiger partial charge on any atom is -0.504 e. The number of halogens is 1. The summed E-state index contributed by atoms with van der Waals surface area (Å²) >= 11 is 6.18. The first-order valence-corrected chi connectivity index (χ1v) is 10.7. The number of aliphatic hydroxyl groups is 1. The molecule has 9 heteroatoms. The number of aliphatic hydroxyl groups excluding tert-OH is 1. The summed E-state index contributed by atoms with van der Waals surface area (Å²) < 4.78 is 11.0. The molecule has 0 aliphatic heterocycles. The van der Waals surface area contributed by atoms with Crippen LogP contribution < -0.4 is 20.1 Å². The Morgan fingerprint density at radius 1 is 0.906 bits per heavy atom. The predicted molar refractivity (Wildman–Crippen MR) is 126 cm³/mol. The molecule has 32 heavy (non-hydrogen) atoms. The van der Waals surface area contributed by atoms with Crippen molar-refractivity contribution in [1.29, 1.82) is 0 Å². The van der Waals surface area contributed by atoms with E-state index in [9.17, 15) is 5.11 Å². The van der Waals surface area contributed by atoms with Crippen LogP contribution in [0.1, 0.15) is 25.7 Å². The molecule has 0 amide bonds. The van der Waals surface area contributed by atoms with Crippen LogP contribution in [0.2, 0.25) is 5.02 Å². The van der Waals surface area contributed by atoms with Crippen molar-refractivity contribution in [3.8, 4) is 17.2 Å². The minimum atomic E-state index is 0.0296. The Labute approximate surface area is 192 Å². The molecule has 3 rings (SSSR count). The number of hydrogen-bond acceptors (Lipinski definition) is 8. The first kappa shape index (κ1) is 23.4. The number of phenolic OH excluding ortho intramolecular Hbond substituents is 1. The summed E-state index contributed by atoms with van der Waals surface area (Å²) in [5.41, 5.74) is 1.35. The van der Waals surface area contributed by atoms with Gasteiger partial charge in [-0.05, 0) is 49.6 Å². The second-order valence-electron chi connectivity index (χ2n) is 7.05. The Bertz CT molecular complexity index is 1020. The Hall–Kier alpha value is -3.23. The Morgan fingerprint density at radius 2 is 1.66 bits per heavy atom. The molecular formula is C23H27ClN4O4. The summed E-state index contributed by atoms with van der Waals surface area (Å²) in [6, 6.07) is 12.1. The molecule has 0 aliphatic rings. The summed E-state index contributed by atoms with van der Waals surface area (Å²) in [7, 11) is 1.50. The van der Waals surface area contributed by atoms with E-state index >= 15 is 0 Å². The number of aromatic hydroxyl groups is 1. The standard InChI is InChI=1S/C23H27ClN4O4/c1-31-21-9-7-17(13-19(21)30)27-22-14-23(26-15-25-22)28-18-12-16(24)6-8-20(18)32-11-5-3-2-4-10-29/h6-9,12-15,29-30H,2-5,10-11H2,1H3,(H2,25,26,27,28). The van der Waals surface area contributed by atoms with Gasteiger partial charge in [0.2, 0.25) is 0 Å². The maximum Gasteiger partial charge on any atom is 0.160 e. The van der Waals surface area contributed by atoms with Crippen molar-refractivity contribution in [2.24, 2.45) is 0 Å². The number of unbranched alkanes of at least 4 members (excludes halogenated alkanes) is 3. The smallest absolute Gasteiger partial charge is 0.160 e. The molecule has 0 fully saturated rings. The highest BCUT2D eigenvalue weighted by molar-refractivity contribution is 6.31. The highest BCUT2D eigenvalue weighted by atomic mass is 35.5. The molecule has 0 spiro atoms. The number of anilines is 4. The Morgan fingerprint density at radius 3 is 2.41 bits per heavy atom. The van der Waals surface area contributed by atoms with E-state index < -0.39 is 0 Å². The summed E-state index contributed by atoms with van der Waals surface area (Å²) in [5, 5.41) is 25.7. The van der Waals surface area contributed by atoms with Crippen molar-refractivity contribution in [2.75, 3.05) is 31.0 Å². The third-order valence-electron chi connectivity index (χ3n) is 4.63. The molecule has 0 saturated carbocycles. The average molecular weight is 459 g/mol. The molecule has 0 saturated heterocycles. The van der Waals surface area contributed by atoms with Gasteiger partial charge in [-0.3, -0.25) is 0 Å². The second-order valence-corrected chi connectivity index (χ2v) is 7.49. The maximum absolute atomic E-state index is 9.96. The Kier molecular flexibility index (Phi) is 8.77. The molecule has 0 radical (unpaired) electrons. The van der Waals surface area contributed by atoms with Crippen molar-refractivity contribution in [3.05, 3.63) is 53.8 Å². The van der Waals surface area contributed by atoms with E-state index in [1.165, 1.54) is 13.4 Å². The minimum absolute atomic E-state index is 0.0296. The van der Waals surface area contributed by atoms with Gasteiger partial charge in [0.25, 0.3) is 0 Å². The van der Waals surface area contributed by atoms with Crippen LogP contribution in [0.15, 0.2) is 48.8 Å². The molecule has 1 heterocycles. The Balaban J connectivity index is 1.66. The fourth-order valence-electron chi connectivity index (χ4n) is 3.02. The van der Waals surface area contributed by atoms with Gasteiger partial charge in [-0.15, -0.1) is 0 Å². The average Bonchev–Trinajstić information content (AvgIpc) is 2.78. The zero-order valence-electron chi connectivity index (χ0n) is 17.8. The zero-order chi connectivity index (χ0) is 22.8. The van der Waals surface area contributed by atoms with E-state index in [1.807, 2.05) is 6.07 Å². The first-order valence-electron chi connectivity index (χ1n) is 10.4. The van der Waals surface area contributed by atoms with Crippen LogP contribution in [0.4, 0.5) is 23.0 Å². The number of nitrogens with zero attached hydrogens (tertiary/aromatic N) is 2. The van der Waals surface area contributed by atoms with E-state index in [1.54, 1.807) is 36.4 Å². The molecule has 170 valence electrons. The molecule has 0 bridgehead atoms. The van der Waals surface area contributed by atoms with Gasteiger partial charge in [0.15, 0.2) is 11.5 Å². The van der Waals surface area contributed by atoms with E-state index in [4.69, 9.17) is 26.2 Å². The number of aromatic nitrogens is 2. The zero-order valence-corrected chi connectivity index (χ0v) is 18.6. The van der Waals surface area contributed by atoms with Crippen LogP contribution >= 0.6 is 11.6 Å². The van der Waals surface area contributed by atoms with Crippen molar-refractivity contribution in [1.82, 2.24) is 9.97 Å². The number of hydrogen-bond donors (Lipinski definition) is 4. The molecule has 3 aromatic rings. The van der Waals surface area contributed by atoms with Crippen LogP contribution in [0.25, 0.3) is 0 Å². The van der Waals surface area contributed by atoms with Crippen LogP contribution in [0, 0.1) is 0 Å². The predicted octanol–water partition coefficient (Wildman–Crippen LogP) is 5.26. The summed E-state index contributed by atoms with van der Waals surface area (Å²) in [4.78, 5) is 8.49. The van der Waals surface area contributed by atoms with Crippen LogP contribution in [-0.4, -0.2) is 40.5 Å². The van der Waals surface area contributed by atoms with Crippen molar-refractivity contribution >= 4 is 34.6 Å². The van der Waals surface area contributed by atoms with Gasteiger partial charge in [-0.1, -0.05) is 18.0 Å². The molecule has 0 atom stereocenters. The molecule has 4 N–H and O–H groups in total. The molecule has 1 aromatic heterocycles. The van der Waals surface area contributed by atoms with Gasteiger partial charge in [0.1, 0.15) is 23.7 Å². The SMILES string of the molecule is COc1ccc(Nc2cc(Nc3cc(Cl)ccc3OCCCCCCO)ncn2)cc1O. The number of ether oxygens (including phenoxy) is 2. The van der Waals surface area contributed by atoms with Crippen LogP contribution in [0.5, 0.6) is 17.2 Å². The van der Waals surface area contributed by atoms with Gasteiger partial charge < -0.3 is 30.3 Å². The normalized spacial score (nSPS) is 10.6. The summed E-state index contributed by atoms with van der Waals surface area (Å²) in [6.07, 6.45) is 5.12. The fraction of sp³-hybridized carbons (Fsp3) is 0.304. The number of rotatable bonds is 12. The largest absolute Gasteiger partial charge is 0.504 e. The van der Waals surface area contributed by atoms with Gasteiger partial charge >= 0.3 is 0 Å². The quantitative estimate of drug-likeness (QED) is 0.272. The van der Waals surface area contributed by atoms with Crippen LogP contribution in [-0.2, 0) is 0 Å². The number of nitrogens with one attached hydrogen (secondary N) is 2. The highest BCUT2D eigenvalue weighted by Gasteiger charge is 2.09. The lowest BCUT2D eigenvalue weighted by Gasteiger charge is -2.14. The van der Waals surface area contributed by atoms with Crippen molar-refractivity contribution in [3.63, 3.8) is 0 Å². The van der Waals surface area contributed by atoms with E-state index in [0.29, 0.717) is 46.1 Å². The first-order chi connectivity index (χ1) is 15.6. The van der Waals surface area contributed by atoms with Crippen molar-refractivity contribution in [2.45, 2.75) is 25.7 Å². The monoisotopic (exact) mass is 458 g/mol. The van der Waals surface area contributed by atoms with Gasteiger partial charge in [0.05, 0.1) is 19.4 Å². The van der Waals surface area contributed by atoms with Gasteiger partial charge in [0, 0.05) is 29.4 Å². The van der Waals surface area contributed by atoms with E-state index in [-0.39, 0.29) is 12.4 Å². The third-order valence-corrected chi connectivity index (χ3v) is 4.87. The molecule has 8 nitrogen and oxygen atoms in total. The number of benzene rings is 2. The maximum atomic E-state index is 9.96. The molecule has 0 unspecified atom stereocenters. The molecule has 2 aromatic carbocycles. The van der Waals surface area contributed by atoms with Crippen molar-refractivity contribution < 1.29 is 19.7 Å². The second kappa shape index (κ2) is 12.0. The van der Waals surface area contributed by atoms with Gasteiger partial charge in [-0.25, -0.2) is 9.97 Å². The highest BCUT2D eigenvalue weighted by Crippen LogP contribution is 2.32. The molecular weight excluding hydrogens is 432 g/mol. The van der Waals surface area contributed by atoms with Gasteiger partial charge in [-0.2, -0.15) is 0 Å². The van der Waals surface area contributed by atoms with Crippen LogP contribution in [0.3, 0.4) is 0 Å². The van der Waals surface area contributed by atoms with E-state index in [0.717, 1.165) is 25.7 Å². The lowest BCUT2D eigenvalue weighted by atomic mass is 10.2. The fourth-order valence-corrected chi connectivity index (χ4v) is 3.20. The number of phenols is 1. The number of methoxy groups -OCH3 is 1. The lowest BCUT2D eigenvalue weighted by Crippen LogP contribution is -2.03. The lowest BCUT2D eigenvalue weighted by molar-refractivity contribution is 0.274. The third kappa shape index (κ3) is 6.90. The summed E-state index contributed by atoms with van der Waals surface area (Å²) in [6.45, 7) is 0.792. The topological polar surface area (TPSA) is 109 Å². The summed E-state index contributed by atoms with van der Waals surface area (Å²) in [5.74, 6) is 2.19. The molecule has 0 aliphatic carbocycles. The van der Waals surface area contributed by atoms with E-state index in [2.05, 4.69) is 20.6 Å².